The van der Waals surface area contributed by atoms with E-state index in [2.05, 4.69) is 12.1 Å². The first-order valence-electron chi connectivity index (χ1n) is 5.05. The van der Waals surface area contributed by atoms with Gasteiger partial charge in [0, 0.05) is 10.1 Å². The van der Waals surface area contributed by atoms with Gasteiger partial charge in [0.2, 0.25) is 0 Å². The molecule has 0 aliphatic heterocycles. The van der Waals surface area contributed by atoms with E-state index in [-0.39, 0.29) is 0 Å². The van der Waals surface area contributed by atoms with Gasteiger partial charge in [-0.1, -0.05) is 12.1 Å². The average Bonchev–Trinajstić information content (AvgIpc) is 2.88. The van der Waals surface area contributed by atoms with Gasteiger partial charge in [-0.2, -0.15) is 0 Å². The van der Waals surface area contributed by atoms with Crippen LogP contribution in [-0.4, -0.2) is 10.4 Å². The first-order valence-corrected chi connectivity index (χ1v) is 5.93. The van der Waals surface area contributed by atoms with Crippen molar-refractivity contribution in [2.45, 2.75) is 42.4 Å². The average molecular weight is 208 g/mol. The summed E-state index contributed by atoms with van der Waals surface area (Å²) in [6.45, 7) is 3.63. The summed E-state index contributed by atoms with van der Waals surface area (Å²) in [5.41, 5.74) is 0.264. The third-order valence-corrected chi connectivity index (χ3v) is 3.74. The summed E-state index contributed by atoms with van der Waals surface area (Å²) in [5.74, 6) is 0. The number of benzene rings is 1. The Hall–Kier alpha value is -0.470. The lowest BCUT2D eigenvalue weighted by Gasteiger charge is -2.17. The molecule has 76 valence electrons. The van der Waals surface area contributed by atoms with Crippen LogP contribution in [0.2, 0.25) is 0 Å². The molecule has 0 atom stereocenters. The third-order valence-electron chi connectivity index (χ3n) is 2.39. The second-order valence-electron chi connectivity index (χ2n) is 4.40. The van der Waals surface area contributed by atoms with Crippen LogP contribution in [0.4, 0.5) is 0 Å². The highest BCUT2D eigenvalue weighted by Crippen LogP contribution is 2.39. The van der Waals surface area contributed by atoms with Gasteiger partial charge in [0.05, 0.1) is 5.60 Å². The minimum absolute atomic E-state index is 0.719. The van der Waals surface area contributed by atoms with E-state index < -0.39 is 5.60 Å². The minimum Gasteiger partial charge on any atom is -0.386 e. The van der Waals surface area contributed by atoms with Crippen molar-refractivity contribution in [2.24, 2.45) is 0 Å². The lowest BCUT2D eigenvalue weighted by atomic mass is 9.99. The Morgan fingerprint density at radius 2 is 1.79 bits per heavy atom. The zero-order valence-corrected chi connectivity index (χ0v) is 9.47. The maximum Gasteiger partial charge on any atom is 0.0840 e. The van der Waals surface area contributed by atoms with Crippen molar-refractivity contribution < 1.29 is 5.11 Å². The summed E-state index contributed by atoms with van der Waals surface area (Å²) in [7, 11) is 0. The molecule has 1 aliphatic carbocycles. The van der Waals surface area contributed by atoms with E-state index >= 15 is 0 Å². The molecule has 1 N–H and O–H groups in total. The summed E-state index contributed by atoms with van der Waals surface area (Å²) >= 11 is 1.95. The summed E-state index contributed by atoms with van der Waals surface area (Å²) in [6.07, 6.45) is 2.72. The summed E-state index contributed by atoms with van der Waals surface area (Å²) in [6, 6.07) is 8.25. The van der Waals surface area contributed by atoms with E-state index in [0.717, 1.165) is 10.8 Å². The van der Waals surface area contributed by atoms with E-state index in [4.69, 9.17) is 0 Å². The molecule has 0 saturated heterocycles. The molecule has 2 heteroatoms. The fourth-order valence-corrected chi connectivity index (χ4v) is 2.37. The lowest BCUT2D eigenvalue weighted by molar-refractivity contribution is 0.0785. The van der Waals surface area contributed by atoms with E-state index in [1.54, 1.807) is 0 Å². The summed E-state index contributed by atoms with van der Waals surface area (Å²) in [4.78, 5) is 1.32. The van der Waals surface area contributed by atoms with E-state index in [1.807, 2.05) is 37.7 Å². The molecule has 1 fully saturated rings. The van der Waals surface area contributed by atoms with Gasteiger partial charge in [-0.15, -0.1) is 11.8 Å². The van der Waals surface area contributed by atoms with Crippen LogP contribution in [-0.2, 0) is 5.60 Å². The highest BCUT2D eigenvalue weighted by atomic mass is 32.2. The number of rotatable bonds is 3. The van der Waals surface area contributed by atoms with Gasteiger partial charge < -0.3 is 5.11 Å². The van der Waals surface area contributed by atoms with Crippen LogP contribution in [0.1, 0.15) is 32.3 Å². The van der Waals surface area contributed by atoms with Crippen molar-refractivity contribution in [3.63, 3.8) is 0 Å². The van der Waals surface area contributed by atoms with E-state index in [0.29, 0.717) is 0 Å². The zero-order valence-electron chi connectivity index (χ0n) is 8.66. The molecule has 0 bridgehead atoms. The van der Waals surface area contributed by atoms with Crippen molar-refractivity contribution >= 4 is 11.8 Å². The quantitative estimate of drug-likeness (QED) is 0.823. The molecule has 0 amide bonds. The highest BCUT2D eigenvalue weighted by molar-refractivity contribution is 8.00. The molecule has 0 unspecified atom stereocenters. The SMILES string of the molecule is CC(C)(O)c1ccc(SC2CC2)cc1. The monoisotopic (exact) mass is 208 g/mol. The van der Waals surface area contributed by atoms with Gasteiger partial charge >= 0.3 is 0 Å². The van der Waals surface area contributed by atoms with Gasteiger partial charge in [-0.05, 0) is 44.4 Å². The highest BCUT2D eigenvalue weighted by Gasteiger charge is 2.22. The van der Waals surface area contributed by atoms with E-state index in [9.17, 15) is 5.11 Å². The number of hydrogen-bond acceptors (Lipinski definition) is 2. The van der Waals surface area contributed by atoms with Gasteiger partial charge in [0.25, 0.3) is 0 Å². The predicted octanol–water partition coefficient (Wildman–Crippen LogP) is 3.17. The lowest BCUT2D eigenvalue weighted by Crippen LogP contribution is -2.14. The predicted molar refractivity (Wildman–Crippen MR) is 60.6 cm³/mol. The van der Waals surface area contributed by atoms with Gasteiger partial charge in [0.15, 0.2) is 0 Å². The van der Waals surface area contributed by atoms with Crippen molar-refractivity contribution in [3.05, 3.63) is 29.8 Å². The normalized spacial score (nSPS) is 17.1. The Bertz CT molecular complexity index is 306. The maximum atomic E-state index is 9.77. The Morgan fingerprint density at radius 3 is 2.21 bits per heavy atom. The Balaban J connectivity index is 2.08. The van der Waals surface area contributed by atoms with Gasteiger partial charge in [-0.3, -0.25) is 0 Å². The second-order valence-corrected chi connectivity index (χ2v) is 5.77. The number of thioether (sulfide) groups is 1. The van der Waals surface area contributed by atoms with Gasteiger partial charge in [-0.25, -0.2) is 0 Å². The smallest absolute Gasteiger partial charge is 0.0840 e. The third kappa shape index (κ3) is 2.52. The van der Waals surface area contributed by atoms with Crippen LogP contribution in [0.25, 0.3) is 0 Å². The van der Waals surface area contributed by atoms with E-state index in [1.165, 1.54) is 17.7 Å². The maximum absolute atomic E-state index is 9.77. The van der Waals surface area contributed by atoms with Crippen molar-refractivity contribution in [2.75, 3.05) is 0 Å². The Kier molecular flexibility index (Phi) is 2.58. The molecule has 1 saturated carbocycles. The molecule has 1 nitrogen and oxygen atoms in total. The number of hydrogen-bond donors (Lipinski definition) is 1. The first kappa shape index (κ1) is 10.1. The molecule has 0 radical (unpaired) electrons. The molecular weight excluding hydrogens is 192 g/mol. The molecule has 0 heterocycles. The summed E-state index contributed by atoms with van der Waals surface area (Å²) in [5, 5.41) is 10.6. The van der Waals surface area contributed by atoms with Crippen molar-refractivity contribution in [3.8, 4) is 0 Å². The first-order chi connectivity index (χ1) is 6.55. The van der Waals surface area contributed by atoms with Crippen LogP contribution in [0.3, 0.4) is 0 Å². The molecule has 2 rings (SSSR count). The molecule has 1 aromatic carbocycles. The minimum atomic E-state index is -0.719. The molecule has 0 spiro atoms. The second kappa shape index (κ2) is 3.59. The van der Waals surface area contributed by atoms with Crippen LogP contribution in [0.15, 0.2) is 29.2 Å². The fourth-order valence-electron chi connectivity index (χ4n) is 1.32. The molecule has 14 heavy (non-hydrogen) atoms. The van der Waals surface area contributed by atoms with Crippen molar-refractivity contribution in [1.29, 1.82) is 0 Å². The zero-order chi connectivity index (χ0) is 10.2. The Morgan fingerprint density at radius 1 is 1.21 bits per heavy atom. The molecular formula is C12H16OS. The van der Waals surface area contributed by atoms with Crippen LogP contribution >= 0.6 is 11.8 Å². The van der Waals surface area contributed by atoms with Crippen LogP contribution in [0, 0.1) is 0 Å². The van der Waals surface area contributed by atoms with Crippen LogP contribution in [0.5, 0.6) is 0 Å². The summed E-state index contributed by atoms with van der Waals surface area (Å²) < 4.78 is 0. The van der Waals surface area contributed by atoms with Gasteiger partial charge in [0.1, 0.15) is 0 Å². The molecule has 1 aromatic rings. The molecule has 0 aromatic heterocycles. The molecule has 1 aliphatic rings. The van der Waals surface area contributed by atoms with Crippen LogP contribution < -0.4 is 0 Å². The van der Waals surface area contributed by atoms with Crippen molar-refractivity contribution in [1.82, 2.24) is 0 Å². The largest absolute Gasteiger partial charge is 0.386 e. The number of aliphatic hydroxyl groups is 1. The Labute approximate surface area is 89.5 Å². The standard InChI is InChI=1S/C12H16OS/c1-12(2,13)9-3-5-10(6-4-9)14-11-7-8-11/h3-6,11,13H,7-8H2,1-2H3. The topological polar surface area (TPSA) is 20.2 Å². The fraction of sp³-hybridized carbons (Fsp3) is 0.500.